The first kappa shape index (κ1) is 14.3. The molecule has 0 amide bonds. The SMILES string of the molecule is Cn1nc(C2NC3=CC=CCC3C3OCC=CC23)cc1C(=O)O. The lowest BCUT2D eigenvalue weighted by Crippen LogP contribution is -2.49. The van der Waals surface area contributed by atoms with Gasteiger partial charge >= 0.3 is 5.97 Å². The predicted octanol–water partition coefficient (Wildman–Crippen LogP) is 1.79. The molecule has 6 heteroatoms. The van der Waals surface area contributed by atoms with Crippen molar-refractivity contribution in [2.75, 3.05) is 6.61 Å². The fraction of sp³-hybridized carbons (Fsp3) is 0.412. The number of aromatic carboxylic acids is 1. The van der Waals surface area contributed by atoms with Crippen molar-refractivity contribution < 1.29 is 14.6 Å². The Labute approximate surface area is 134 Å². The molecule has 4 rings (SSSR count). The van der Waals surface area contributed by atoms with Crippen LogP contribution in [0.15, 0.2) is 42.1 Å². The van der Waals surface area contributed by atoms with Gasteiger partial charge in [0.1, 0.15) is 5.69 Å². The third-order valence-corrected chi connectivity index (χ3v) is 4.86. The molecule has 1 fully saturated rings. The summed E-state index contributed by atoms with van der Waals surface area (Å²) in [5.41, 5.74) is 2.08. The summed E-state index contributed by atoms with van der Waals surface area (Å²) < 4.78 is 7.45. The van der Waals surface area contributed by atoms with Crippen LogP contribution in [-0.4, -0.2) is 33.6 Å². The summed E-state index contributed by atoms with van der Waals surface area (Å²) in [5.74, 6) is -0.491. The zero-order valence-corrected chi connectivity index (χ0v) is 12.8. The van der Waals surface area contributed by atoms with Gasteiger partial charge in [-0.1, -0.05) is 24.3 Å². The van der Waals surface area contributed by atoms with Gasteiger partial charge in [-0.05, 0) is 18.6 Å². The second kappa shape index (κ2) is 5.38. The molecular formula is C17H19N3O3. The van der Waals surface area contributed by atoms with Gasteiger partial charge in [0.05, 0.1) is 24.4 Å². The topological polar surface area (TPSA) is 76.4 Å². The zero-order valence-electron chi connectivity index (χ0n) is 12.8. The normalized spacial score (nSPS) is 31.8. The number of ether oxygens (including phenoxy) is 1. The third kappa shape index (κ3) is 2.30. The van der Waals surface area contributed by atoms with E-state index in [-0.39, 0.29) is 23.8 Å². The van der Waals surface area contributed by atoms with Crippen molar-refractivity contribution in [2.45, 2.75) is 18.6 Å². The van der Waals surface area contributed by atoms with Crippen LogP contribution in [0, 0.1) is 11.8 Å². The van der Waals surface area contributed by atoms with Crippen molar-refractivity contribution in [2.24, 2.45) is 18.9 Å². The highest BCUT2D eigenvalue weighted by atomic mass is 16.5. The summed E-state index contributed by atoms with van der Waals surface area (Å²) in [5, 5.41) is 17.2. The Morgan fingerprint density at radius 3 is 3.13 bits per heavy atom. The van der Waals surface area contributed by atoms with Crippen LogP contribution < -0.4 is 5.32 Å². The number of carboxylic acid groups (broad SMARTS) is 1. The molecule has 1 aromatic rings. The van der Waals surface area contributed by atoms with E-state index in [1.54, 1.807) is 13.1 Å². The average Bonchev–Trinajstić information content (AvgIpc) is 2.96. The van der Waals surface area contributed by atoms with Crippen LogP contribution in [0.4, 0.5) is 0 Å². The highest BCUT2D eigenvalue weighted by molar-refractivity contribution is 5.85. The van der Waals surface area contributed by atoms with Crippen molar-refractivity contribution in [1.29, 1.82) is 0 Å². The molecule has 2 N–H and O–H groups in total. The monoisotopic (exact) mass is 313 g/mol. The second-order valence-corrected chi connectivity index (χ2v) is 6.20. The van der Waals surface area contributed by atoms with Gasteiger partial charge in [-0.3, -0.25) is 4.68 Å². The van der Waals surface area contributed by atoms with E-state index in [0.29, 0.717) is 12.5 Å². The molecule has 2 aliphatic heterocycles. The Morgan fingerprint density at radius 1 is 1.48 bits per heavy atom. The van der Waals surface area contributed by atoms with Crippen molar-refractivity contribution >= 4 is 5.97 Å². The minimum Gasteiger partial charge on any atom is -0.477 e. The van der Waals surface area contributed by atoms with Gasteiger partial charge in [-0.25, -0.2) is 4.79 Å². The van der Waals surface area contributed by atoms with Crippen LogP contribution in [-0.2, 0) is 11.8 Å². The molecule has 1 saturated heterocycles. The van der Waals surface area contributed by atoms with Gasteiger partial charge in [0.25, 0.3) is 0 Å². The number of hydrogen-bond acceptors (Lipinski definition) is 4. The van der Waals surface area contributed by atoms with Crippen LogP contribution >= 0.6 is 0 Å². The van der Waals surface area contributed by atoms with E-state index in [2.05, 4.69) is 34.7 Å². The Bertz CT molecular complexity index is 731. The van der Waals surface area contributed by atoms with Gasteiger partial charge in [-0.15, -0.1) is 0 Å². The molecule has 0 radical (unpaired) electrons. The number of allylic oxidation sites excluding steroid dienone is 3. The number of fused-ring (bicyclic) bond motifs is 3. The van der Waals surface area contributed by atoms with Crippen LogP contribution in [0.2, 0.25) is 0 Å². The molecular weight excluding hydrogens is 294 g/mol. The standard InChI is InChI=1S/C17H19N3O3/c1-20-14(17(21)22)9-13(19-20)15-11-6-4-8-23-16(11)10-5-2-3-7-12(10)18-15/h2-4,6-7,9-11,15-16,18H,5,8H2,1H3,(H,21,22). The molecule has 0 spiro atoms. The molecule has 3 heterocycles. The predicted molar refractivity (Wildman–Crippen MR) is 83.7 cm³/mol. The minimum absolute atomic E-state index is 0.0788. The first-order valence-electron chi connectivity index (χ1n) is 7.84. The van der Waals surface area contributed by atoms with E-state index in [4.69, 9.17) is 4.74 Å². The lowest BCUT2D eigenvalue weighted by Gasteiger charge is -2.45. The number of nitrogens with one attached hydrogen (secondary N) is 1. The number of hydrogen-bond donors (Lipinski definition) is 2. The summed E-state index contributed by atoms with van der Waals surface area (Å²) in [6, 6.07) is 1.57. The molecule has 6 nitrogen and oxygen atoms in total. The number of carboxylic acids is 1. The summed E-state index contributed by atoms with van der Waals surface area (Å²) >= 11 is 0. The highest BCUT2D eigenvalue weighted by Gasteiger charge is 2.44. The number of piperidine rings is 1. The van der Waals surface area contributed by atoms with Crippen LogP contribution in [0.3, 0.4) is 0 Å². The van der Waals surface area contributed by atoms with Gasteiger partial charge in [-0.2, -0.15) is 5.10 Å². The van der Waals surface area contributed by atoms with Gasteiger partial charge in [0, 0.05) is 24.6 Å². The van der Waals surface area contributed by atoms with Gasteiger partial charge in [0.15, 0.2) is 0 Å². The van der Waals surface area contributed by atoms with E-state index in [1.807, 2.05) is 6.08 Å². The van der Waals surface area contributed by atoms with Crippen molar-refractivity contribution in [3.8, 4) is 0 Å². The summed E-state index contributed by atoms with van der Waals surface area (Å²) in [7, 11) is 1.66. The number of rotatable bonds is 2. The number of aryl methyl sites for hydroxylation is 1. The van der Waals surface area contributed by atoms with Gasteiger partial charge < -0.3 is 15.2 Å². The van der Waals surface area contributed by atoms with Crippen molar-refractivity contribution in [1.82, 2.24) is 15.1 Å². The highest BCUT2D eigenvalue weighted by Crippen LogP contribution is 2.42. The van der Waals surface area contributed by atoms with Crippen LogP contribution in [0.25, 0.3) is 0 Å². The lowest BCUT2D eigenvalue weighted by atomic mass is 9.75. The van der Waals surface area contributed by atoms with Crippen LogP contribution in [0.5, 0.6) is 0 Å². The molecule has 0 bridgehead atoms. The van der Waals surface area contributed by atoms with E-state index < -0.39 is 5.97 Å². The molecule has 120 valence electrons. The maximum atomic E-state index is 11.3. The molecule has 4 atom stereocenters. The van der Waals surface area contributed by atoms with Crippen molar-refractivity contribution in [3.05, 3.63) is 53.5 Å². The fourth-order valence-corrected chi connectivity index (χ4v) is 3.79. The van der Waals surface area contributed by atoms with E-state index in [0.717, 1.165) is 17.8 Å². The minimum atomic E-state index is -0.966. The summed E-state index contributed by atoms with van der Waals surface area (Å²) in [6.45, 7) is 0.629. The number of carbonyl (C=O) groups is 1. The second-order valence-electron chi connectivity index (χ2n) is 6.20. The quantitative estimate of drug-likeness (QED) is 0.814. The van der Waals surface area contributed by atoms with Gasteiger partial charge in [0.2, 0.25) is 0 Å². The van der Waals surface area contributed by atoms with E-state index in [9.17, 15) is 9.90 Å². The smallest absolute Gasteiger partial charge is 0.354 e. The molecule has 4 unspecified atom stereocenters. The first-order chi connectivity index (χ1) is 11.1. The number of nitrogens with zero attached hydrogens (tertiary/aromatic N) is 2. The molecule has 0 aromatic carbocycles. The van der Waals surface area contributed by atoms with E-state index in [1.165, 1.54) is 4.68 Å². The fourth-order valence-electron chi connectivity index (χ4n) is 3.79. The molecule has 1 aliphatic carbocycles. The molecule has 1 aromatic heterocycles. The Morgan fingerprint density at radius 2 is 2.35 bits per heavy atom. The molecule has 0 saturated carbocycles. The lowest BCUT2D eigenvalue weighted by molar-refractivity contribution is -0.0260. The number of aromatic nitrogens is 2. The largest absolute Gasteiger partial charge is 0.477 e. The van der Waals surface area contributed by atoms with Crippen molar-refractivity contribution in [3.63, 3.8) is 0 Å². The average molecular weight is 313 g/mol. The third-order valence-electron chi connectivity index (χ3n) is 4.86. The molecule has 23 heavy (non-hydrogen) atoms. The Kier molecular flexibility index (Phi) is 3.34. The summed E-state index contributed by atoms with van der Waals surface area (Å²) in [6.07, 6.45) is 11.6. The first-order valence-corrected chi connectivity index (χ1v) is 7.84. The summed E-state index contributed by atoms with van der Waals surface area (Å²) in [4.78, 5) is 11.3. The maximum Gasteiger partial charge on any atom is 0.354 e. The van der Waals surface area contributed by atoms with E-state index >= 15 is 0 Å². The Balaban J connectivity index is 1.74. The Hall–Kier alpha value is -2.34. The van der Waals surface area contributed by atoms with Crippen LogP contribution in [0.1, 0.15) is 28.6 Å². The maximum absolute atomic E-state index is 11.3. The zero-order chi connectivity index (χ0) is 16.0. The molecule has 3 aliphatic rings.